The molecule has 1 heterocycles. The molecule has 4 nitrogen and oxygen atoms in total. The zero-order chi connectivity index (χ0) is 15.3. The van der Waals surface area contributed by atoms with Gasteiger partial charge in [0.05, 0.1) is 0 Å². The number of aliphatic carboxylic acids is 1. The minimum atomic E-state index is -0.778. The average Bonchev–Trinajstić information content (AvgIpc) is 2.50. The van der Waals surface area contributed by atoms with E-state index in [1.807, 2.05) is 13.0 Å². The average molecular weight is 298 g/mol. The predicted octanol–water partition coefficient (Wildman–Crippen LogP) is 4.29. The molecule has 1 saturated heterocycles. The smallest absolute Gasteiger partial charge is 0.331 e. The molecule has 0 aliphatic carbocycles. The summed E-state index contributed by atoms with van der Waals surface area (Å²) in [5.74, 6) is -0.778. The third-order valence-corrected chi connectivity index (χ3v) is 3.84. The molecule has 0 bridgehead atoms. The Hall–Kier alpha value is -0.870. The van der Waals surface area contributed by atoms with Crippen LogP contribution < -0.4 is 0 Å². The molecule has 0 saturated carbocycles. The maximum atomic E-state index is 10.8. The van der Waals surface area contributed by atoms with Crippen molar-refractivity contribution in [2.24, 2.45) is 0 Å². The molecule has 1 aliphatic heterocycles. The van der Waals surface area contributed by atoms with Gasteiger partial charge >= 0.3 is 5.97 Å². The summed E-state index contributed by atoms with van der Waals surface area (Å²) in [5, 5.41) is 8.89. The number of allylic oxidation sites excluding steroid dienone is 1. The molecule has 1 N–H and O–H groups in total. The van der Waals surface area contributed by atoms with E-state index in [1.54, 1.807) is 0 Å². The molecule has 0 aromatic rings. The van der Waals surface area contributed by atoms with Gasteiger partial charge in [-0.05, 0) is 44.9 Å². The summed E-state index contributed by atoms with van der Waals surface area (Å²) in [6, 6.07) is 0. The summed E-state index contributed by atoms with van der Waals surface area (Å²) in [6.45, 7) is 3.52. The fourth-order valence-corrected chi connectivity index (χ4v) is 2.49. The van der Waals surface area contributed by atoms with E-state index in [1.165, 1.54) is 19.3 Å². The Balaban J connectivity index is 1.89. The monoisotopic (exact) mass is 298 g/mol. The van der Waals surface area contributed by atoms with Crippen LogP contribution in [-0.2, 0) is 14.3 Å². The molecule has 1 aliphatic rings. The van der Waals surface area contributed by atoms with E-state index in [-0.39, 0.29) is 6.29 Å². The van der Waals surface area contributed by atoms with Gasteiger partial charge < -0.3 is 14.6 Å². The van der Waals surface area contributed by atoms with Crippen molar-refractivity contribution < 1.29 is 19.4 Å². The molecule has 1 atom stereocenters. The number of rotatable bonds is 11. The highest BCUT2D eigenvalue weighted by Crippen LogP contribution is 2.14. The molecule has 0 aromatic heterocycles. The summed E-state index contributed by atoms with van der Waals surface area (Å²) in [5.41, 5.74) is 0.538. The van der Waals surface area contributed by atoms with E-state index in [0.29, 0.717) is 12.0 Å². The van der Waals surface area contributed by atoms with Crippen LogP contribution in [0.25, 0.3) is 0 Å². The van der Waals surface area contributed by atoms with Crippen molar-refractivity contribution in [1.29, 1.82) is 0 Å². The highest BCUT2D eigenvalue weighted by atomic mass is 16.7. The molecule has 1 unspecified atom stereocenters. The molecule has 1 rings (SSSR count). The van der Waals surface area contributed by atoms with Gasteiger partial charge in [-0.2, -0.15) is 0 Å². The van der Waals surface area contributed by atoms with E-state index < -0.39 is 5.97 Å². The first kappa shape index (κ1) is 18.2. The summed E-state index contributed by atoms with van der Waals surface area (Å²) in [7, 11) is 0. The first-order valence-corrected chi connectivity index (χ1v) is 8.39. The first-order valence-electron chi connectivity index (χ1n) is 8.39. The minimum absolute atomic E-state index is 0.0346. The van der Waals surface area contributed by atoms with Crippen LogP contribution in [0.15, 0.2) is 11.6 Å². The van der Waals surface area contributed by atoms with Gasteiger partial charge in [-0.25, -0.2) is 4.79 Å². The zero-order valence-corrected chi connectivity index (χ0v) is 13.3. The van der Waals surface area contributed by atoms with E-state index >= 15 is 0 Å². The quantitative estimate of drug-likeness (QED) is 0.456. The van der Waals surface area contributed by atoms with Gasteiger partial charge in [0.2, 0.25) is 0 Å². The topological polar surface area (TPSA) is 55.8 Å². The zero-order valence-electron chi connectivity index (χ0n) is 13.3. The summed E-state index contributed by atoms with van der Waals surface area (Å²) in [6.07, 6.45) is 12.5. The van der Waals surface area contributed by atoms with E-state index in [4.69, 9.17) is 14.6 Å². The SMILES string of the molecule is CCC(=CCCCCCCCOC1CCCCO1)C(=O)O. The highest BCUT2D eigenvalue weighted by molar-refractivity contribution is 5.86. The lowest BCUT2D eigenvalue weighted by atomic mass is 10.1. The second-order valence-corrected chi connectivity index (χ2v) is 5.61. The number of carboxylic acid groups (broad SMARTS) is 1. The second-order valence-electron chi connectivity index (χ2n) is 5.61. The lowest BCUT2D eigenvalue weighted by Gasteiger charge is -2.22. The van der Waals surface area contributed by atoms with Crippen LogP contribution in [0.1, 0.15) is 71.1 Å². The van der Waals surface area contributed by atoms with Crippen molar-refractivity contribution in [2.75, 3.05) is 13.2 Å². The van der Waals surface area contributed by atoms with Crippen molar-refractivity contribution in [3.05, 3.63) is 11.6 Å². The standard InChI is InChI=1S/C17H30O4/c1-2-15(17(18)19)11-7-5-3-4-6-9-13-20-16-12-8-10-14-21-16/h11,16H,2-10,12-14H2,1H3,(H,18,19). The van der Waals surface area contributed by atoms with E-state index in [9.17, 15) is 4.79 Å². The first-order chi connectivity index (χ1) is 10.2. The third kappa shape index (κ3) is 8.89. The molecule has 0 spiro atoms. The number of ether oxygens (including phenoxy) is 2. The minimum Gasteiger partial charge on any atom is -0.478 e. The molecular formula is C17H30O4. The molecule has 0 amide bonds. The largest absolute Gasteiger partial charge is 0.478 e. The van der Waals surface area contributed by atoms with E-state index in [0.717, 1.165) is 51.7 Å². The number of hydrogen-bond acceptors (Lipinski definition) is 3. The molecule has 122 valence electrons. The molecule has 21 heavy (non-hydrogen) atoms. The number of carbonyl (C=O) groups is 1. The number of hydrogen-bond donors (Lipinski definition) is 1. The maximum Gasteiger partial charge on any atom is 0.331 e. The lowest BCUT2D eigenvalue weighted by Crippen LogP contribution is -2.22. The van der Waals surface area contributed by atoms with Crippen LogP contribution in [0, 0.1) is 0 Å². The van der Waals surface area contributed by atoms with Crippen LogP contribution in [0.2, 0.25) is 0 Å². The number of unbranched alkanes of at least 4 members (excludes halogenated alkanes) is 5. The lowest BCUT2D eigenvalue weighted by molar-refractivity contribution is -0.162. The fourth-order valence-electron chi connectivity index (χ4n) is 2.49. The van der Waals surface area contributed by atoms with Crippen LogP contribution in [0.5, 0.6) is 0 Å². The van der Waals surface area contributed by atoms with Gasteiger partial charge in [-0.15, -0.1) is 0 Å². The second kappa shape index (κ2) is 11.8. The predicted molar refractivity (Wildman–Crippen MR) is 83.3 cm³/mol. The van der Waals surface area contributed by atoms with Crippen LogP contribution in [0.4, 0.5) is 0 Å². The Kier molecular flexibility index (Phi) is 10.2. The molecular weight excluding hydrogens is 268 g/mol. The normalized spacial score (nSPS) is 19.7. The van der Waals surface area contributed by atoms with Crippen molar-refractivity contribution >= 4 is 5.97 Å². The van der Waals surface area contributed by atoms with Crippen LogP contribution >= 0.6 is 0 Å². The third-order valence-electron chi connectivity index (χ3n) is 3.84. The Morgan fingerprint density at radius 1 is 1.24 bits per heavy atom. The Bertz CT molecular complexity index is 306. The van der Waals surface area contributed by atoms with Crippen molar-refractivity contribution in [3.8, 4) is 0 Å². The molecule has 0 radical (unpaired) electrons. The van der Waals surface area contributed by atoms with Gasteiger partial charge in [0.25, 0.3) is 0 Å². The molecule has 0 aromatic carbocycles. The molecule has 1 fully saturated rings. The van der Waals surface area contributed by atoms with Gasteiger partial charge in [0, 0.05) is 18.8 Å². The van der Waals surface area contributed by atoms with E-state index in [2.05, 4.69) is 0 Å². The number of carboxylic acids is 1. The van der Waals surface area contributed by atoms with Crippen molar-refractivity contribution in [1.82, 2.24) is 0 Å². The highest BCUT2D eigenvalue weighted by Gasteiger charge is 2.13. The molecule has 4 heteroatoms. The Labute approximate surface area is 128 Å². The van der Waals surface area contributed by atoms with Gasteiger partial charge in [0.1, 0.15) is 0 Å². The van der Waals surface area contributed by atoms with Gasteiger partial charge in [-0.3, -0.25) is 0 Å². The summed E-state index contributed by atoms with van der Waals surface area (Å²) >= 11 is 0. The fraction of sp³-hybridized carbons (Fsp3) is 0.824. The maximum absolute atomic E-state index is 10.8. The summed E-state index contributed by atoms with van der Waals surface area (Å²) in [4.78, 5) is 10.8. The van der Waals surface area contributed by atoms with Gasteiger partial charge in [0.15, 0.2) is 6.29 Å². The Morgan fingerprint density at radius 3 is 2.67 bits per heavy atom. The van der Waals surface area contributed by atoms with Crippen molar-refractivity contribution in [3.63, 3.8) is 0 Å². The Morgan fingerprint density at radius 2 is 2.00 bits per heavy atom. The van der Waals surface area contributed by atoms with Crippen molar-refractivity contribution in [2.45, 2.75) is 77.4 Å². The van der Waals surface area contributed by atoms with Crippen LogP contribution in [-0.4, -0.2) is 30.6 Å². The van der Waals surface area contributed by atoms with Crippen LogP contribution in [0.3, 0.4) is 0 Å². The van der Waals surface area contributed by atoms with Gasteiger partial charge in [-0.1, -0.05) is 32.3 Å². The summed E-state index contributed by atoms with van der Waals surface area (Å²) < 4.78 is 11.2.